The molecule has 3 rings (SSSR count). The van der Waals surface area contributed by atoms with Crippen LogP contribution in [0, 0.1) is 13.8 Å². The number of anilines is 1. The van der Waals surface area contributed by atoms with Gasteiger partial charge >= 0.3 is 0 Å². The quantitative estimate of drug-likeness (QED) is 0.785. The average molecular weight is 250 g/mol. The summed E-state index contributed by atoms with van der Waals surface area (Å²) in [5.74, 6) is 0. The second-order valence-electron chi connectivity index (χ2n) is 5.10. The Morgan fingerprint density at radius 3 is 2.58 bits per heavy atom. The van der Waals surface area contributed by atoms with Crippen LogP contribution < -0.4 is 4.90 Å². The molecule has 0 bridgehead atoms. The molecule has 0 spiro atoms. The summed E-state index contributed by atoms with van der Waals surface area (Å²) < 4.78 is 0. The van der Waals surface area contributed by atoms with E-state index in [0.717, 1.165) is 18.8 Å². The Balaban J connectivity index is 1.94. The Hall–Kier alpha value is -2.09. The van der Waals surface area contributed by atoms with Gasteiger partial charge in [-0.2, -0.15) is 0 Å². The van der Waals surface area contributed by atoms with E-state index >= 15 is 0 Å². The number of nitrogens with zero attached hydrogens (tertiary/aromatic N) is 2. The summed E-state index contributed by atoms with van der Waals surface area (Å²) in [5, 5.41) is 0. The Morgan fingerprint density at radius 1 is 1.05 bits per heavy atom. The third-order valence-electron chi connectivity index (χ3n) is 3.68. The van der Waals surface area contributed by atoms with Gasteiger partial charge in [0.1, 0.15) is 0 Å². The summed E-state index contributed by atoms with van der Waals surface area (Å²) in [5.41, 5.74) is 6.30. The first-order chi connectivity index (χ1) is 9.24. The maximum absolute atomic E-state index is 4.52. The number of fused-ring (bicyclic) bond motifs is 1. The van der Waals surface area contributed by atoms with Crippen LogP contribution in [0.25, 0.3) is 0 Å². The van der Waals surface area contributed by atoms with Gasteiger partial charge in [-0.15, -0.1) is 0 Å². The number of benzene rings is 2. The van der Waals surface area contributed by atoms with Crippen LogP contribution in [0.1, 0.15) is 16.7 Å². The minimum absolute atomic E-state index is 0.879. The number of hydrogen-bond acceptors (Lipinski definition) is 2. The summed E-state index contributed by atoms with van der Waals surface area (Å²) in [4.78, 5) is 6.90. The molecule has 2 aromatic carbocycles. The predicted molar refractivity (Wildman–Crippen MR) is 81.6 cm³/mol. The molecule has 0 N–H and O–H groups in total. The molecule has 0 unspecified atom stereocenters. The van der Waals surface area contributed by atoms with E-state index in [1.807, 2.05) is 6.21 Å². The molecule has 0 aliphatic carbocycles. The minimum Gasteiger partial charge on any atom is -0.360 e. The maximum atomic E-state index is 4.52. The van der Waals surface area contributed by atoms with Gasteiger partial charge in [-0.25, -0.2) is 0 Å². The normalized spacial score (nSPS) is 13.5. The highest BCUT2D eigenvalue weighted by atomic mass is 15.2. The molecular weight excluding hydrogens is 232 g/mol. The zero-order valence-corrected chi connectivity index (χ0v) is 11.4. The largest absolute Gasteiger partial charge is 0.360 e. The molecule has 2 nitrogen and oxygen atoms in total. The monoisotopic (exact) mass is 250 g/mol. The Kier molecular flexibility index (Phi) is 3.08. The molecule has 1 aliphatic rings. The second-order valence-corrected chi connectivity index (χ2v) is 5.10. The molecule has 0 amide bonds. The highest BCUT2D eigenvalue weighted by molar-refractivity contribution is 5.82. The standard InChI is InChI=1S/C17H18N2/c1-13-10-16-17(11-14(13)2)19(9-8-18-16)12-15-6-4-3-5-7-15/h3-8,10-11H,9,12H2,1-2H3. The number of aliphatic imine (C=N–C) groups is 1. The second kappa shape index (κ2) is 4.88. The third kappa shape index (κ3) is 2.39. The van der Waals surface area contributed by atoms with Crippen LogP contribution >= 0.6 is 0 Å². The van der Waals surface area contributed by atoms with E-state index in [4.69, 9.17) is 0 Å². The molecule has 2 heteroatoms. The van der Waals surface area contributed by atoms with Crippen molar-refractivity contribution in [2.45, 2.75) is 20.4 Å². The molecule has 0 aromatic heterocycles. The van der Waals surface area contributed by atoms with Crippen molar-refractivity contribution in [3.8, 4) is 0 Å². The fourth-order valence-corrected chi connectivity index (χ4v) is 2.43. The van der Waals surface area contributed by atoms with Crippen LogP contribution in [0.2, 0.25) is 0 Å². The van der Waals surface area contributed by atoms with Crippen LogP contribution in [0.3, 0.4) is 0 Å². The van der Waals surface area contributed by atoms with Crippen molar-refractivity contribution in [3.63, 3.8) is 0 Å². The number of aryl methyl sites for hydroxylation is 2. The minimum atomic E-state index is 0.879. The van der Waals surface area contributed by atoms with Crippen LogP contribution in [0.4, 0.5) is 11.4 Å². The fourth-order valence-electron chi connectivity index (χ4n) is 2.43. The van der Waals surface area contributed by atoms with Gasteiger partial charge in [-0.1, -0.05) is 30.3 Å². The molecular formula is C17H18N2. The van der Waals surface area contributed by atoms with Crippen molar-refractivity contribution >= 4 is 17.6 Å². The maximum Gasteiger partial charge on any atom is 0.0862 e. The molecule has 1 aliphatic heterocycles. The number of hydrogen-bond donors (Lipinski definition) is 0. The molecule has 19 heavy (non-hydrogen) atoms. The van der Waals surface area contributed by atoms with E-state index in [0.29, 0.717) is 0 Å². The van der Waals surface area contributed by atoms with Crippen LogP contribution in [-0.2, 0) is 6.54 Å². The summed E-state index contributed by atoms with van der Waals surface area (Å²) in [6.07, 6.45) is 2.00. The highest BCUT2D eigenvalue weighted by Gasteiger charge is 2.15. The summed E-state index contributed by atoms with van der Waals surface area (Å²) >= 11 is 0. The molecule has 96 valence electrons. The smallest absolute Gasteiger partial charge is 0.0862 e. The lowest BCUT2D eigenvalue weighted by Gasteiger charge is -2.28. The van der Waals surface area contributed by atoms with Gasteiger partial charge in [0.25, 0.3) is 0 Å². The molecule has 0 fully saturated rings. The lowest BCUT2D eigenvalue weighted by atomic mass is 10.1. The van der Waals surface area contributed by atoms with Gasteiger partial charge in [-0.3, -0.25) is 4.99 Å². The topological polar surface area (TPSA) is 15.6 Å². The van der Waals surface area contributed by atoms with Gasteiger partial charge in [-0.05, 0) is 42.7 Å². The average Bonchev–Trinajstić information content (AvgIpc) is 2.42. The zero-order valence-electron chi connectivity index (χ0n) is 11.4. The zero-order chi connectivity index (χ0) is 13.2. The van der Waals surface area contributed by atoms with Gasteiger partial charge in [0, 0.05) is 12.8 Å². The Labute approximate surface area is 114 Å². The van der Waals surface area contributed by atoms with Gasteiger partial charge in [0.2, 0.25) is 0 Å². The molecule has 2 aromatic rings. The van der Waals surface area contributed by atoms with Crippen molar-refractivity contribution in [1.82, 2.24) is 0 Å². The summed E-state index contributed by atoms with van der Waals surface area (Å²) in [7, 11) is 0. The SMILES string of the molecule is Cc1cc2c(cc1C)N(Cc1ccccc1)CC=N2. The summed E-state index contributed by atoms with van der Waals surface area (Å²) in [6, 6.07) is 15.0. The first-order valence-corrected chi connectivity index (χ1v) is 6.67. The van der Waals surface area contributed by atoms with E-state index in [-0.39, 0.29) is 0 Å². The van der Waals surface area contributed by atoms with Gasteiger partial charge < -0.3 is 4.90 Å². The predicted octanol–water partition coefficient (Wildman–Crippen LogP) is 4.03. The third-order valence-corrected chi connectivity index (χ3v) is 3.68. The fraction of sp³-hybridized carbons (Fsp3) is 0.235. The van der Waals surface area contributed by atoms with E-state index < -0.39 is 0 Å². The molecule has 1 heterocycles. The first kappa shape index (κ1) is 12.0. The van der Waals surface area contributed by atoms with Crippen molar-refractivity contribution in [1.29, 1.82) is 0 Å². The summed E-state index contributed by atoms with van der Waals surface area (Å²) in [6.45, 7) is 6.11. The van der Waals surface area contributed by atoms with Crippen LogP contribution in [0.15, 0.2) is 47.5 Å². The van der Waals surface area contributed by atoms with Crippen molar-refractivity contribution in [3.05, 3.63) is 59.2 Å². The van der Waals surface area contributed by atoms with E-state index in [2.05, 4.69) is 66.2 Å². The molecule has 0 saturated carbocycles. The molecule has 0 atom stereocenters. The van der Waals surface area contributed by atoms with Gasteiger partial charge in [0.05, 0.1) is 17.9 Å². The van der Waals surface area contributed by atoms with Crippen LogP contribution in [0.5, 0.6) is 0 Å². The Morgan fingerprint density at radius 2 is 1.79 bits per heavy atom. The van der Waals surface area contributed by atoms with Crippen molar-refractivity contribution < 1.29 is 0 Å². The molecule has 0 radical (unpaired) electrons. The van der Waals surface area contributed by atoms with E-state index in [1.54, 1.807) is 0 Å². The van der Waals surface area contributed by atoms with E-state index in [1.165, 1.54) is 22.4 Å². The van der Waals surface area contributed by atoms with E-state index in [9.17, 15) is 0 Å². The molecule has 0 saturated heterocycles. The Bertz CT molecular complexity index is 615. The van der Waals surface area contributed by atoms with Crippen molar-refractivity contribution in [2.75, 3.05) is 11.4 Å². The van der Waals surface area contributed by atoms with Crippen molar-refractivity contribution in [2.24, 2.45) is 4.99 Å². The first-order valence-electron chi connectivity index (χ1n) is 6.67. The van der Waals surface area contributed by atoms with Gasteiger partial charge in [0.15, 0.2) is 0 Å². The highest BCUT2D eigenvalue weighted by Crippen LogP contribution is 2.34. The lowest BCUT2D eigenvalue weighted by Crippen LogP contribution is -2.27. The number of rotatable bonds is 2. The lowest BCUT2D eigenvalue weighted by molar-refractivity contribution is 0.879. The van der Waals surface area contributed by atoms with Crippen LogP contribution in [-0.4, -0.2) is 12.8 Å².